The molecule has 1 N–H and O–H groups in total. The third kappa shape index (κ3) is 2.64. The van der Waals surface area contributed by atoms with Gasteiger partial charge in [0.05, 0.1) is 0 Å². The molecule has 1 atom stereocenters. The molecule has 1 aromatic rings. The molecule has 0 radical (unpaired) electrons. The predicted octanol–water partition coefficient (Wildman–Crippen LogP) is 1.84. The van der Waals surface area contributed by atoms with Crippen molar-refractivity contribution in [3.05, 3.63) is 29.8 Å². The van der Waals surface area contributed by atoms with E-state index < -0.39 is 23.6 Å². The van der Waals surface area contributed by atoms with Crippen molar-refractivity contribution in [1.29, 1.82) is 0 Å². The molecule has 4 nitrogen and oxygen atoms in total. The van der Waals surface area contributed by atoms with Crippen LogP contribution in [0.15, 0.2) is 18.2 Å². The summed E-state index contributed by atoms with van der Waals surface area (Å²) in [5, 5.41) is 2.59. The molecule has 0 aliphatic carbocycles. The van der Waals surface area contributed by atoms with Gasteiger partial charge >= 0.3 is 0 Å². The monoisotopic (exact) mass is 282 g/mol. The molecule has 1 aromatic carbocycles. The quantitative estimate of drug-likeness (QED) is 0.900. The van der Waals surface area contributed by atoms with Crippen LogP contribution in [0.25, 0.3) is 0 Å². The minimum Gasteiger partial charge on any atom is -0.344 e. The Bertz CT molecular complexity index is 526. The highest BCUT2D eigenvalue weighted by molar-refractivity contribution is 6.01. The molecule has 20 heavy (non-hydrogen) atoms. The highest BCUT2D eigenvalue weighted by Crippen LogP contribution is 2.26. The van der Waals surface area contributed by atoms with E-state index in [9.17, 15) is 18.4 Å². The van der Waals surface area contributed by atoms with Gasteiger partial charge in [-0.25, -0.2) is 8.78 Å². The van der Waals surface area contributed by atoms with Crippen LogP contribution in [-0.2, 0) is 9.59 Å². The molecule has 2 rings (SSSR count). The molecule has 1 saturated heterocycles. The maximum Gasteiger partial charge on any atom is 0.249 e. The molecule has 1 heterocycles. The van der Waals surface area contributed by atoms with Gasteiger partial charge in [0, 0.05) is 13.0 Å². The van der Waals surface area contributed by atoms with E-state index in [0.29, 0.717) is 0 Å². The third-order valence-electron chi connectivity index (χ3n) is 3.29. The summed E-state index contributed by atoms with van der Waals surface area (Å²) in [5.74, 6) is -2.57. The van der Waals surface area contributed by atoms with E-state index in [0.717, 1.165) is 17.0 Å². The molecule has 6 heteroatoms. The zero-order valence-corrected chi connectivity index (χ0v) is 11.3. The molecule has 0 saturated carbocycles. The van der Waals surface area contributed by atoms with E-state index in [2.05, 4.69) is 5.32 Å². The fourth-order valence-electron chi connectivity index (χ4n) is 2.22. The topological polar surface area (TPSA) is 49.4 Å². The fraction of sp³-hybridized carbons (Fsp3) is 0.429. The average molecular weight is 282 g/mol. The van der Waals surface area contributed by atoms with Gasteiger partial charge in [0.2, 0.25) is 11.8 Å². The van der Waals surface area contributed by atoms with Crippen LogP contribution in [-0.4, -0.2) is 24.4 Å². The Morgan fingerprint density at radius 1 is 1.25 bits per heavy atom. The Balaban J connectivity index is 2.44. The number of rotatable bonds is 2. The molecule has 108 valence electrons. The zero-order valence-electron chi connectivity index (χ0n) is 11.3. The number of anilines is 1. The maximum absolute atomic E-state index is 13.8. The average Bonchev–Trinajstić information content (AvgIpc) is 2.51. The first-order valence-electron chi connectivity index (χ1n) is 6.46. The highest BCUT2D eigenvalue weighted by atomic mass is 19.1. The van der Waals surface area contributed by atoms with Crippen LogP contribution in [0.4, 0.5) is 14.5 Å². The van der Waals surface area contributed by atoms with Crippen molar-refractivity contribution in [3.63, 3.8) is 0 Å². The molecule has 1 unspecified atom stereocenters. The molecule has 0 aromatic heterocycles. The van der Waals surface area contributed by atoms with Crippen LogP contribution < -0.4 is 10.2 Å². The predicted molar refractivity (Wildman–Crippen MR) is 70.1 cm³/mol. The lowest BCUT2D eigenvalue weighted by Crippen LogP contribution is -2.48. The van der Waals surface area contributed by atoms with Gasteiger partial charge in [-0.1, -0.05) is 19.9 Å². The summed E-state index contributed by atoms with van der Waals surface area (Å²) in [5.41, 5.74) is -0.389. The fourth-order valence-corrected chi connectivity index (χ4v) is 2.22. The number of hydrogen-bond acceptors (Lipinski definition) is 2. The van der Waals surface area contributed by atoms with Crippen molar-refractivity contribution in [3.8, 4) is 0 Å². The van der Waals surface area contributed by atoms with Crippen molar-refractivity contribution < 1.29 is 18.4 Å². The van der Waals surface area contributed by atoms with Gasteiger partial charge < -0.3 is 10.2 Å². The Morgan fingerprint density at radius 3 is 2.40 bits per heavy atom. The molecule has 1 fully saturated rings. The molecular formula is C14H16F2N2O2. The zero-order chi connectivity index (χ0) is 14.9. The first kappa shape index (κ1) is 14.4. The number of benzene rings is 1. The van der Waals surface area contributed by atoms with Crippen LogP contribution in [0, 0.1) is 17.6 Å². The summed E-state index contributed by atoms with van der Waals surface area (Å²) >= 11 is 0. The molecule has 0 spiro atoms. The number of para-hydroxylation sites is 1. The highest BCUT2D eigenvalue weighted by Gasteiger charge is 2.34. The lowest BCUT2D eigenvalue weighted by Gasteiger charge is -2.26. The molecular weight excluding hydrogens is 266 g/mol. The number of amides is 2. The number of nitrogens with one attached hydrogen (secondary N) is 1. The molecule has 0 bridgehead atoms. The second-order valence-electron chi connectivity index (χ2n) is 5.10. The number of nitrogens with zero attached hydrogens (tertiary/aromatic N) is 1. The summed E-state index contributed by atoms with van der Waals surface area (Å²) in [6.07, 6.45) is 0.0166. The van der Waals surface area contributed by atoms with E-state index in [-0.39, 0.29) is 30.5 Å². The summed E-state index contributed by atoms with van der Waals surface area (Å²) in [7, 11) is 0. The van der Waals surface area contributed by atoms with Crippen molar-refractivity contribution in [2.75, 3.05) is 11.4 Å². The van der Waals surface area contributed by atoms with Crippen LogP contribution in [0.1, 0.15) is 20.3 Å². The molecule has 1 aliphatic heterocycles. The van der Waals surface area contributed by atoms with Crippen LogP contribution in [0.3, 0.4) is 0 Å². The summed E-state index contributed by atoms with van der Waals surface area (Å²) in [4.78, 5) is 25.0. The van der Waals surface area contributed by atoms with Crippen LogP contribution in [0.2, 0.25) is 0 Å². The normalized spacial score (nSPS) is 20.1. The first-order valence-corrected chi connectivity index (χ1v) is 6.46. The number of hydrogen-bond donors (Lipinski definition) is 1. The van der Waals surface area contributed by atoms with E-state index >= 15 is 0 Å². The van der Waals surface area contributed by atoms with Gasteiger partial charge in [-0.15, -0.1) is 0 Å². The first-order chi connectivity index (χ1) is 9.41. The van der Waals surface area contributed by atoms with Gasteiger partial charge in [-0.05, 0) is 18.1 Å². The van der Waals surface area contributed by atoms with Crippen molar-refractivity contribution in [2.45, 2.75) is 26.3 Å². The van der Waals surface area contributed by atoms with Gasteiger partial charge in [-0.2, -0.15) is 0 Å². The van der Waals surface area contributed by atoms with Crippen LogP contribution in [0.5, 0.6) is 0 Å². The molecule has 1 aliphatic rings. The second-order valence-corrected chi connectivity index (χ2v) is 5.10. The SMILES string of the molecule is CC(C)C1NC(=O)CCN(c2c(F)cccc2F)C1=O. The minimum atomic E-state index is -0.810. The standard InChI is InChI=1S/C14H16F2N2O2/c1-8(2)12-14(20)18(7-6-11(19)17-12)13-9(15)4-3-5-10(13)16/h3-5,8,12H,6-7H2,1-2H3,(H,17,19). The van der Waals surface area contributed by atoms with Gasteiger partial charge in [0.1, 0.15) is 23.4 Å². The van der Waals surface area contributed by atoms with Crippen molar-refractivity contribution in [1.82, 2.24) is 5.32 Å². The Hall–Kier alpha value is -1.98. The molecule has 2 amide bonds. The number of carbonyl (C=O) groups is 2. The van der Waals surface area contributed by atoms with Gasteiger partial charge in [-0.3, -0.25) is 9.59 Å². The Morgan fingerprint density at radius 2 is 1.85 bits per heavy atom. The smallest absolute Gasteiger partial charge is 0.249 e. The van der Waals surface area contributed by atoms with E-state index in [4.69, 9.17) is 0 Å². The lowest BCUT2D eigenvalue weighted by molar-refractivity contribution is -0.126. The van der Waals surface area contributed by atoms with Crippen LogP contribution >= 0.6 is 0 Å². The van der Waals surface area contributed by atoms with E-state index in [1.54, 1.807) is 13.8 Å². The third-order valence-corrected chi connectivity index (χ3v) is 3.29. The minimum absolute atomic E-state index is 0.0166. The van der Waals surface area contributed by atoms with Gasteiger partial charge in [0.25, 0.3) is 0 Å². The summed E-state index contributed by atoms with van der Waals surface area (Å²) in [6.45, 7) is 3.50. The summed E-state index contributed by atoms with van der Waals surface area (Å²) in [6, 6.07) is 2.65. The number of carbonyl (C=O) groups excluding carboxylic acids is 2. The van der Waals surface area contributed by atoms with Crippen molar-refractivity contribution in [2.24, 2.45) is 5.92 Å². The largest absolute Gasteiger partial charge is 0.344 e. The summed E-state index contributed by atoms with van der Waals surface area (Å²) < 4.78 is 27.7. The second kappa shape index (κ2) is 5.56. The lowest BCUT2D eigenvalue weighted by atomic mass is 10.0. The number of halogens is 2. The van der Waals surface area contributed by atoms with E-state index in [1.807, 2.05) is 0 Å². The Kier molecular flexibility index (Phi) is 4.01. The van der Waals surface area contributed by atoms with E-state index in [1.165, 1.54) is 6.07 Å². The van der Waals surface area contributed by atoms with Gasteiger partial charge in [0.15, 0.2) is 0 Å². The maximum atomic E-state index is 13.8. The van der Waals surface area contributed by atoms with Crippen molar-refractivity contribution >= 4 is 17.5 Å². The Labute approximate surface area is 115 Å².